The van der Waals surface area contributed by atoms with Crippen LogP contribution in [0.2, 0.25) is 0 Å². The van der Waals surface area contributed by atoms with Crippen LogP contribution in [0.3, 0.4) is 0 Å². The molecule has 3 aliphatic heterocycles. The molecule has 0 aromatic heterocycles. The number of hydrogen-bond acceptors (Lipinski definition) is 10. The maximum Gasteiger partial charge on any atom is 0.338 e. The predicted octanol–water partition coefficient (Wildman–Crippen LogP) is 2.91. The summed E-state index contributed by atoms with van der Waals surface area (Å²) >= 11 is 0. The molecular weight excluding hydrogens is 554 g/mol. The third kappa shape index (κ3) is 5.95. The average molecular weight is 586 g/mol. The Labute approximate surface area is 248 Å². The monoisotopic (exact) mass is 585 g/mol. The largest absolute Gasteiger partial charge is 0.496 e. The van der Waals surface area contributed by atoms with E-state index in [0.717, 1.165) is 36.7 Å². The molecule has 1 atom stereocenters. The van der Waals surface area contributed by atoms with Gasteiger partial charge in [0.2, 0.25) is 18.5 Å². The molecule has 3 aromatic rings. The summed E-state index contributed by atoms with van der Waals surface area (Å²) in [5.74, 6) is 0.279. The van der Waals surface area contributed by atoms with Crippen LogP contribution in [0.15, 0.2) is 66.7 Å². The molecule has 2 saturated heterocycles. The predicted molar refractivity (Wildman–Crippen MR) is 154 cm³/mol. The van der Waals surface area contributed by atoms with Crippen LogP contribution in [0.4, 0.5) is 5.69 Å². The van der Waals surface area contributed by atoms with Gasteiger partial charge in [0, 0.05) is 32.7 Å². The van der Waals surface area contributed by atoms with Gasteiger partial charge >= 0.3 is 5.97 Å². The van der Waals surface area contributed by atoms with Crippen LogP contribution in [0.1, 0.15) is 32.7 Å². The van der Waals surface area contributed by atoms with Crippen LogP contribution in [0, 0.1) is 0 Å². The summed E-state index contributed by atoms with van der Waals surface area (Å²) in [4.78, 5) is 56.9. The lowest BCUT2D eigenvalue weighted by Gasteiger charge is -2.37. The number of fused-ring (bicyclic) bond motifs is 1. The van der Waals surface area contributed by atoms with E-state index in [9.17, 15) is 19.2 Å². The number of para-hydroxylation sites is 1. The molecule has 0 aliphatic carbocycles. The highest BCUT2D eigenvalue weighted by atomic mass is 16.7. The second-order valence-electron chi connectivity index (χ2n) is 10.5. The van der Waals surface area contributed by atoms with Gasteiger partial charge in [-0.05, 0) is 54.1 Å². The summed E-state index contributed by atoms with van der Waals surface area (Å²) in [6, 6.07) is 18.2. The molecular formula is C32H31N3O8. The van der Waals surface area contributed by atoms with Crippen LogP contribution in [0.5, 0.6) is 17.2 Å². The first-order chi connectivity index (χ1) is 20.9. The Morgan fingerprint density at radius 1 is 0.907 bits per heavy atom. The normalized spacial score (nSPS) is 18.6. The second-order valence-corrected chi connectivity index (χ2v) is 10.5. The lowest BCUT2D eigenvalue weighted by atomic mass is 10.1. The van der Waals surface area contributed by atoms with E-state index in [-0.39, 0.29) is 30.6 Å². The van der Waals surface area contributed by atoms with Crippen molar-refractivity contribution in [3.63, 3.8) is 0 Å². The number of ketones is 1. The lowest BCUT2D eigenvalue weighted by Crippen LogP contribution is -2.52. The van der Waals surface area contributed by atoms with Gasteiger partial charge in [0.05, 0.1) is 36.4 Å². The van der Waals surface area contributed by atoms with Crippen molar-refractivity contribution in [3.05, 3.63) is 83.4 Å². The topological polar surface area (TPSA) is 115 Å². The fourth-order valence-corrected chi connectivity index (χ4v) is 5.62. The Hall–Kier alpha value is -4.74. The number of nitrogens with zero attached hydrogens (tertiary/aromatic N) is 3. The minimum Gasteiger partial charge on any atom is -0.496 e. The molecule has 1 unspecified atom stereocenters. The number of rotatable bonds is 9. The highest BCUT2D eigenvalue weighted by Crippen LogP contribution is 2.33. The van der Waals surface area contributed by atoms with E-state index >= 15 is 0 Å². The highest BCUT2D eigenvalue weighted by molar-refractivity contribution is 6.22. The van der Waals surface area contributed by atoms with Gasteiger partial charge in [-0.15, -0.1) is 0 Å². The van der Waals surface area contributed by atoms with E-state index in [0.29, 0.717) is 30.1 Å². The van der Waals surface area contributed by atoms with Gasteiger partial charge in [0.1, 0.15) is 5.75 Å². The first-order valence-electron chi connectivity index (χ1n) is 14.1. The molecule has 0 radical (unpaired) electrons. The SMILES string of the molecule is COc1ccccc1C(=O)COC(=O)c1ccc(N2C(=O)CC(N3CCN(Cc4ccc5c(c4)OCO5)CC3)C2=O)cc1. The van der Waals surface area contributed by atoms with Crippen molar-refractivity contribution in [1.29, 1.82) is 0 Å². The van der Waals surface area contributed by atoms with E-state index in [1.807, 2.05) is 18.2 Å². The number of benzene rings is 3. The van der Waals surface area contributed by atoms with E-state index in [1.54, 1.807) is 36.4 Å². The molecule has 3 aliphatic rings. The number of imide groups is 1. The molecule has 11 nitrogen and oxygen atoms in total. The zero-order valence-electron chi connectivity index (χ0n) is 23.7. The molecule has 43 heavy (non-hydrogen) atoms. The number of carbonyl (C=O) groups is 4. The summed E-state index contributed by atoms with van der Waals surface area (Å²) in [6.45, 7) is 3.42. The van der Waals surface area contributed by atoms with Gasteiger partial charge in [-0.2, -0.15) is 0 Å². The molecule has 3 heterocycles. The van der Waals surface area contributed by atoms with Crippen LogP contribution < -0.4 is 19.1 Å². The summed E-state index contributed by atoms with van der Waals surface area (Å²) in [6.07, 6.45) is 0.107. The molecule has 222 valence electrons. The molecule has 0 saturated carbocycles. The molecule has 11 heteroatoms. The van der Waals surface area contributed by atoms with Gasteiger partial charge in [-0.1, -0.05) is 18.2 Å². The van der Waals surface area contributed by atoms with Crippen molar-refractivity contribution < 1.29 is 38.1 Å². The number of amides is 2. The van der Waals surface area contributed by atoms with Crippen molar-refractivity contribution in [2.24, 2.45) is 0 Å². The van der Waals surface area contributed by atoms with Gasteiger partial charge in [-0.3, -0.25) is 24.2 Å². The highest BCUT2D eigenvalue weighted by Gasteiger charge is 2.43. The van der Waals surface area contributed by atoms with E-state index in [1.165, 1.54) is 24.1 Å². The molecule has 0 spiro atoms. The van der Waals surface area contributed by atoms with E-state index in [4.69, 9.17) is 18.9 Å². The average Bonchev–Trinajstić information content (AvgIpc) is 3.63. The first kappa shape index (κ1) is 28.4. The smallest absolute Gasteiger partial charge is 0.338 e. The van der Waals surface area contributed by atoms with Crippen molar-refractivity contribution in [1.82, 2.24) is 9.80 Å². The number of Topliss-reactive ketones (excluding diaryl/α,β-unsaturated/α-hetero) is 1. The van der Waals surface area contributed by atoms with Gasteiger partial charge in [-0.25, -0.2) is 9.69 Å². The van der Waals surface area contributed by atoms with Gasteiger partial charge in [0.25, 0.3) is 5.91 Å². The zero-order valence-corrected chi connectivity index (χ0v) is 23.7. The van der Waals surface area contributed by atoms with Crippen molar-refractivity contribution in [2.75, 3.05) is 51.6 Å². The van der Waals surface area contributed by atoms with Gasteiger partial charge in [0.15, 0.2) is 18.1 Å². The van der Waals surface area contributed by atoms with Crippen LogP contribution in [-0.4, -0.2) is 86.1 Å². The van der Waals surface area contributed by atoms with E-state index in [2.05, 4.69) is 9.80 Å². The number of methoxy groups -OCH3 is 1. The van der Waals surface area contributed by atoms with Gasteiger partial charge < -0.3 is 18.9 Å². The number of anilines is 1. The number of hydrogen-bond donors (Lipinski definition) is 0. The first-order valence-corrected chi connectivity index (χ1v) is 14.1. The third-order valence-electron chi connectivity index (χ3n) is 7.92. The minimum absolute atomic E-state index is 0.107. The standard InChI is InChI=1S/C32H31N3O8/c1-40-27-5-3-2-4-24(27)26(36)19-41-32(39)22-7-9-23(10-8-22)35-30(37)17-25(31(35)38)34-14-12-33(13-15-34)18-21-6-11-28-29(16-21)43-20-42-28/h2-11,16,25H,12-15,17-20H2,1H3. The maximum atomic E-state index is 13.4. The minimum atomic E-state index is -0.689. The summed E-state index contributed by atoms with van der Waals surface area (Å²) in [5, 5.41) is 0. The number of carbonyl (C=O) groups excluding carboxylic acids is 4. The Balaban J connectivity index is 1.02. The number of piperazine rings is 1. The Morgan fingerprint density at radius 3 is 2.42 bits per heavy atom. The second kappa shape index (κ2) is 12.2. The van der Waals surface area contributed by atoms with Crippen LogP contribution in [-0.2, 0) is 20.9 Å². The summed E-state index contributed by atoms with van der Waals surface area (Å²) in [7, 11) is 1.46. The quantitative estimate of drug-likeness (QED) is 0.211. The van der Waals surface area contributed by atoms with E-state index < -0.39 is 24.4 Å². The number of esters is 1. The molecule has 3 aromatic carbocycles. The molecule has 0 N–H and O–H groups in total. The van der Waals surface area contributed by atoms with Crippen molar-refractivity contribution >= 4 is 29.3 Å². The number of ether oxygens (including phenoxy) is 4. The third-order valence-corrected chi connectivity index (χ3v) is 7.92. The Morgan fingerprint density at radius 2 is 1.65 bits per heavy atom. The van der Waals surface area contributed by atoms with Crippen LogP contribution >= 0.6 is 0 Å². The molecule has 2 amide bonds. The molecule has 2 fully saturated rings. The Kier molecular flexibility index (Phi) is 8.08. The Bertz CT molecular complexity index is 1550. The zero-order chi connectivity index (χ0) is 29.9. The molecule has 0 bridgehead atoms. The molecule has 6 rings (SSSR count). The lowest BCUT2D eigenvalue weighted by molar-refractivity contribution is -0.123. The van der Waals surface area contributed by atoms with Crippen LogP contribution in [0.25, 0.3) is 0 Å². The van der Waals surface area contributed by atoms with Crippen molar-refractivity contribution in [3.8, 4) is 17.2 Å². The summed E-state index contributed by atoms with van der Waals surface area (Å²) < 4.78 is 21.3. The van der Waals surface area contributed by atoms with Crippen molar-refractivity contribution in [2.45, 2.75) is 19.0 Å². The summed E-state index contributed by atoms with van der Waals surface area (Å²) in [5.41, 5.74) is 2.04. The fourth-order valence-electron chi connectivity index (χ4n) is 5.62. The maximum absolute atomic E-state index is 13.4. The fraction of sp³-hybridized carbons (Fsp3) is 0.312.